The monoisotopic (exact) mass is 285 g/mol. The SMILES string of the molecule is C=CC[C@@H](N)c1cc(C(F)(F)F)ccc1Cl.Cl. The number of hydrogen-bond donors (Lipinski definition) is 1. The average Bonchev–Trinajstić information content (AvgIpc) is 2.16. The first-order valence-corrected chi connectivity index (χ1v) is 4.97. The molecule has 0 aromatic heterocycles. The summed E-state index contributed by atoms with van der Waals surface area (Å²) in [6, 6.07) is 2.57. The van der Waals surface area contributed by atoms with Gasteiger partial charge in [0.15, 0.2) is 0 Å². The van der Waals surface area contributed by atoms with Crippen LogP contribution in [-0.2, 0) is 6.18 Å². The summed E-state index contributed by atoms with van der Waals surface area (Å²) in [5.74, 6) is 0. The number of rotatable bonds is 3. The molecule has 96 valence electrons. The molecule has 0 fully saturated rings. The lowest BCUT2D eigenvalue weighted by atomic mass is 10.0. The summed E-state index contributed by atoms with van der Waals surface area (Å²) < 4.78 is 37.3. The molecule has 0 amide bonds. The van der Waals surface area contributed by atoms with Crippen molar-refractivity contribution >= 4 is 24.0 Å². The van der Waals surface area contributed by atoms with E-state index in [1.165, 1.54) is 6.07 Å². The summed E-state index contributed by atoms with van der Waals surface area (Å²) in [4.78, 5) is 0. The fraction of sp³-hybridized carbons (Fsp3) is 0.273. The first kappa shape index (κ1) is 16.3. The van der Waals surface area contributed by atoms with E-state index in [9.17, 15) is 13.2 Å². The smallest absolute Gasteiger partial charge is 0.324 e. The first-order valence-electron chi connectivity index (χ1n) is 4.59. The second-order valence-electron chi connectivity index (χ2n) is 3.36. The molecule has 1 atom stereocenters. The van der Waals surface area contributed by atoms with Crippen molar-refractivity contribution in [1.29, 1.82) is 0 Å². The van der Waals surface area contributed by atoms with Crippen LogP contribution in [0.3, 0.4) is 0 Å². The van der Waals surface area contributed by atoms with E-state index in [0.717, 1.165) is 12.1 Å². The van der Waals surface area contributed by atoms with Crippen LogP contribution >= 0.6 is 24.0 Å². The third-order valence-electron chi connectivity index (χ3n) is 2.14. The summed E-state index contributed by atoms with van der Waals surface area (Å²) >= 11 is 5.80. The van der Waals surface area contributed by atoms with E-state index in [-0.39, 0.29) is 23.0 Å². The Labute approximate surface area is 109 Å². The number of alkyl halides is 3. The minimum absolute atomic E-state index is 0. The number of halogens is 5. The number of hydrogen-bond acceptors (Lipinski definition) is 1. The van der Waals surface area contributed by atoms with Crippen LogP contribution in [-0.4, -0.2) is 0 Å². The molecule has 0 saturated carbocycles. The van der Waals surface area contributed by atoms with Crippen molar-refractivity contribution in [2.75, 3.05) is 0 Å². The average molecular weight is 286 g/mol. The van der Waals surface area contributed by atoms with Crippen molar-refractivity contribution < 1.29 is 13.2 Å². The van der Waals surface area contributed by atoms with Crippen LogP contribution in [0.1, 0.15) is 23.6 Å². The maximum atomic E-state index is 12.4. The maximum Gasteiger partial charge on any atom is 0.416 e. The highest BCUT2D eigenvalue weighted by Gasteiger charge is 2.31. The van der Waals surface area contributed by atoms with Crippen molar-refractivity contribution in [2.45, 2.75) is 18.6 Å². The van der Waals surface area contributed by atoms with Gasteiger partial charge in [0, 0.05) is 11.1 Å². The van der Waals surface area contributed by atoms with Crippen molar-refractivity contribution in [3.63, 3.8) is 0 Å². The zero-order valence-electron chi connectivity index (χ0n) is 8.80. The minimum atomic E-state index is -4.38. The van der Waals surface area contributed by atoms with Crippen LogP contribution in [0.2, 0.25) is 5.02 Å². The highest BCUT2D eigenvalue weighted by atomic mass is 35.5. The van der Waals surface area contributed by atoms with Gasteiger partial charge < -0.3 is 5.73 Å². The van der Waals surface area contributed by atoms with E-state index in [2.05, 4.69) is 6.58 Å². The molecule has 0 aliphatic carbocycles. The topological polar surface area (TPSA) is 26.0 Å². The van der Waals surface area contributed by atoms with E-state index in [0.29, 0.717) is 6.42 Å². The molecular formula is C11H12Cl2F3N. The van der Waals surface area contributed by atoms with Crippen LogP contribution in [0.25, 0.3) is 0 Å². The summed E-state index contributed by atoms with van der Waals surface area (Å²) in [6.07, 6.45) is -2.46. The Morgan fingerprint density at radius 1 is 1.41 bits per heavy atom. The lowest BCUT2D eigenvalue weighted by molar-refractivity contribution is -0.137. The minimum Gasteiger partial charge on any atom is -0.324 e. The Balaban J connectivity index is 0.00000256. The van der Waals surface area contributed by atoms with E-state index < -0.39 is 17.8 Å². The highest BCUT2D eigenvalue weighted by Crippen LogP contribution is 2.33. The third kappa shape index (κ3) is 4.22. The van der Waals surface area contributed by atoms with Gasteiger partial charge in [-0.15, -0.1) is 19.0 Å². The van der Waals surface area contributed by atoms with Crippen LogP contribution in [0, 0.1) is 0 Å². The van der Waals surface area contributed by atoms with Gasteiger partial charge in [-0.05, 0) is 30.2 Å². The van der Waals surface area contributed by atoms with Gasteiger partial charge in [0.1, 0.15) is 0 Å². The lowest BCUT2D eigenvalue weighted by Gasteiger charge is -2.14. The molecule has 1 nitrogen and oxygen atoms in total. The summed E-state index contributed by atoms with van der Waals surface area (Å²) in [6.45, 7) is 3.48. The van der Waals surface area contributed by atoms with Gasteiger partial charge in [-0.25, -0.2) is 0 Å². The Morgan fingerprint density at radius 3 is 2.47 bits per heavy atom. The Kier molecular flexibility index (Phi) is 6.02. The zero-order chi connectivity index (χ0) is 12.3. The summed E-state index contributed by atoms with van der Waals surface area (Å²) in [5, 5.41) is 0.238. The zero-order valence-corrected chi connectivity index (χ0v) is 10.4. The van der Waals surface area contributed by atoms with Gasteiger partial charge in [0.2, 0.25) is 0 Å². The van der Waals surface area contributed by atoms with Crippen LogP contribution < -0.4 is 5.73 Å². The standard InChI is InChI=1S/C11H11ClF3N.ClH/c1-2-3-10(16)8-6-7(11(13,14)15)4-5-9(8)12;/h2,4-6,10H,1,3,16H2;1H/t10-;/m1./s1. The highest BCUT2D eigenvalue weighted by molar-refractivity contribution is 6.31. The third-order valence-corrected chi connectivity index (χ3v) is 2.49. The van der Waals surface area contributed by atoms with Gasteiger partial charge in [0.05, 0.1) is 5.56 Å². The molecule has 0 heterocycles. The van der Waals surface area contributed by atoms with Gasteiger partial charge in [-0.1, -0.05) is 17.7 Å². The molecule has 1 rings (SSSR count). The number of benzene rings is 1. The molecule has 0 bridgehead atoms. The fourth-order valence-electron chi connectivity index (χ4n) is 1.31. The molecule has 17 heavy (non-hydrogen) atoms. The molecule has 2 N–H and O–H groups in total. The molecule has 0 saturated heterocycles. The second kappa shape index (κ2) is 6.28. The molecule has 0 aliphatic heterocycles. The predicted octanol–water partition coefficient (Wildman–Crippen LogP) is 4.36. The van der Waals surface area contributed by atoms with Crippen molar-refractivity contribution in [2.24, 2.45) is 5.73 Å². The molecule has 0 aliphatic rings. The second-order valence-corrected chi connectivity index (χ2v) is 3.77. The Hall–Kier alpha value is -0.710. The maximum absolute atomic E-state index is 12.4. The quantitative estimate of drug-likeness (QED) is 0.821. The molecule has 1 aromatic rings. The normalized spacial score (nSPS) is 12.8. The van der Waals surface area contributed by atoms with Gasteiger partial charge in [-0.2, -0.15) is 13.2 Å². The van der Waals surface area contributed by atoms with Crippen molar-refractivity contribution in [1.82, 2.24) is 0 Å². The van der Waals surface area contributed by atoms with E-state index in [4.69, 9.17) is 17.3 Å². The van der Waals surface area contributed by atoms with Gasteiger partial charge in [-0.3, -0.25) is 0 Å². The molecule has 0 radical (unpaired) electrons. The van der Waals surface area contributed by atoms with Crippen LogP contribution in [0.4, 0.5) is 13.2 Å². The lowest BCUT2D eigenvalue weighted by Crippen LogP contribution is -2.12. The summed E-state index contributed by atoms with van der Waals surface area (Å²) in [7, 11) is 0. The van der Waals surface area contributed by atoms with Crippen molar-refractivity contribution in [3.05, 3.63) is 47.0 Å². The summed E-state index contributed by atoms with van der Waals surface area (Å²) in [5.41, 5.74) is 5.24. The van der Waals surface area contributed by atoms with Crippen molar-refractivity contribution in [3.8, 4) is 0 Å². The Morgan fingerprint density at radius 2 is 2.00 bits per heavy atom. The van der Waals surface area contributed by atoms with E-state index >= 15 is 0 Å². The van der Waals surface area contributed by atoms with Gasteiger partial charge >= 0.3 is 6.18 Å². The first-order chi connectivity index (χ1) is 7.36. The molecular weight excluding hydrogens is 274 g/mol. The Bertz CT molecular complexity index is 391. The largest absolute Gasteiger partial charge is 0.416 e. The van der Waals surface area contributed by atoms with Crippen LogP contribution in [0.15, 0.2) is 30.9 Å². The number of nitrogens with two attached hydrogens (primary N) is 1. The van der Waals surface area contributed by atoms with Gasteiger partial charge in [0.25, 0.3) is 0 Å². The molecule has 0 spiro atoms. The molecule has 6 heteroatoms. The van der Waals surface area contributed by atoms with E-state index in [1.807, 2.05) is 0 Å². The molecule has 1 aromatic carbocycles. The van der Waals surface area contributed by atoms with Crippen LogP contribution in [0.5, 0.6) is 0 Å². The van der Waals surface area contributed by atoms with E-state index in [1.54, 1.807) is 6.08 Å². The molecule has 0 unspecified atom stereocenters. The fourth-order valence-corrected chi connectivity index (χ4v) is 1.57. The predicted molar refractivity (Wildman–Crippen MR) is 65.4 cm³/mol.